The number of carbonyl (C=O) groups is 1. The summed E-state index contributed by atoms with van der Waals surface area (Å²) in [7, 11) is 0. The first-order chi connectivity index (χ1) is 11.8. The molecule has 4 rings (SSSR count). The Morgan fingerprint density at radius 3 is 2.92 bits per heavy atom. The van der Waals surface area contributed by atoms with E-state index in [2.05, 4.69) is 16.0 Å². The van der Waals surface area contributed by atoms with Crippen LogP contribution < -0.4 is 4.90 Å². The smallest absolute Gasteiger partial charge is 0.233 e. The Balaban J connectivity index is 1.53. The molecule has 0 aliphatic carbocycles. The standard InChI is InChI=1S/C19H17N3OS/c23-18(22-11-5-7-14-6-1-2-9-17(14)22)12-15-13-24-19(21-15)16-8-3-4-10-20-16/h1-4,6,8-10,13H,5,7,11-12H2. The Morgan fingerprint density at radius 1 is 1.17 bits per heavy atom. The normalized spacial score (nSPS) is 13.6. The summed E-state index contributed by atoms with van der Waals surface area (Å²) in [4.78, 5) is 23.5. The van der Waals surface area contributed by atoms with Crippen molar-refractivity contribution in [2.24, 2.45) is 0 Å². The highest BCUT2D eigenvalue weighted by molar-refractivity contribution is 7.13. The number of fused-ring (bicyclic) bond motifs is 1. The van der Waals surface area contributed by atoms with Crippen molar-refractivity contribution in [2.45, 2.75) is 19.3 Å². The summed E-state index contributed by atoms with van der Waals surface area (Å²) in [6.45, 7) is 0.785. The fourth-order valence-electron chi connectivity index (χ4n) is 3.04. The molecule has 4 nitrogen and oxygen atoms in total. The maximum absolute atomic E-state index is 12.8. The lowest BCUT2D eigenvalue weighted by atomic mass is 10.0. The van der Waals surface area contributed by atoms with Crippen LogP contribution in [0.4, 0.5) is 5.69 Å². The second-order valence-corrected chi connectivity index (χ2v) is 6.67. The third-order valence-electron chi connectivity index (χ3n) is 4.18. The molecular weight excluding hydrogens is 318 g/mol. The Hall–Kier alpha value is -2.53. The van der Waals surface area contributed by atoms with Gasteiger partial charge in [-0.15, -0.1) is 11.3 Å². The van der Waals surface area contributed by atoms with Crippen molar-refractivity contribution >= 4 is 22.9 Å². The van der Waals surface area contributed by atoms with Crippen molar-refractivity contribution in [2.75, 3.05) is 11.4 Å². The molecule has 120 valence electrons. The van der Waals surface area contributed by atoms with Gasteiger partial charge in [0.15, 0.2) is 0 Å². The molecule has 0 saturated carbocycles. The minimum absolute atomic E-state index is 0.111. The first-order valence-electron chi connectivity index (χ1n) is 8.05. The average Bonchev–Trinajstić information content (AvgIpc) is 3.10. The molecule has 1 aliphatic heterocycles. The van der Waals surface area contributed by atoms with Gasteiger partial charge >= 0.3 is 0 Å². The van der Waals surface area contributed by atoms with Crippen LogP contribution in [0, 0.1) is 0 Å². The molecule has 5 heteroatoms. The van der Waals surface area contributed by atoms with Gasteiger partial charge in [-0.3, -0.25) is 9.78 Å². The molecule has 0 fully saturated rings. The summed E-state index contributed by atoms with van der Waals surface area (Å²) < 4.78 is 0. The van der Waals surface area contributed by atoms with Crippen molar-refractivity contribution in [3.05, 3.63) is 65.3 Å². The number of nitrogens with zero attached hydrogens (tertiary/aromatic N) is 3. The number of benzene rings is 1. The van der Waals surface area contributed by atoms with Gasteiger partial charge in [0.05, 0.1) is 17.8 Å². The molecule has 0 saturated heterocycles. The van der Waals surface area contributed by atoms with E-state index in [0.29, 0.717) is 6.42 Å². The maximum Gasteiger partial charge on any atom is 0.233 e. The lowest BCUT2D eigenvalue weighted by Crippen LogP contribution is -2.36. The molecule has 24 heavy (non-hydrogen) atoms. The molecule has 1 amide bonds. The molecule has 0 atom stereocenters. The van der Waals surface area contributed by atoms with Crippen molar-refractivity contribution in [1.29, 1.82) is 0 Å². The summed E-state index contributed by atoms with van der Waals surface area (Å²) in [5.41, 5.74) is 3.97. The Bertz CT molecular complexity index is 860. The van der Waals surface area contributed by atoms with Crippen LogP contribution in [0.2, 0.25) is 0 Å². The van der Waals surface area contributed by atoms with E-state index in [1.165, 1.54) is 16.9 Å². The monoisotopic (exact) mass is 335 g/mol. The Kier molecular flexibility index (Phi) is 4.09. The van der Waals surface area contributed by atoms with Crippen LogP contribution in [0.5, 0.6) is 0 Å². The second-order valence-electron chi connectivity index (χ2n) is 5.81. The molecule has 0 spiro atoms. The van der Waals surface area contributed by atoms with Crippen molar-refractivity contribution in [3.63, 3.8) is 0 Å². The number of anilines is 1. The maximum atomic E-state index is 12.8. The molecule has 1 aliphatic rings. The number of aromatic nitrogens is 2. The predicted molar refractivity (Wildman–Crippen MR) is 96.2 cm³/mol. The van der Waals surface area contributed by atoms with Gasteiger partial charge in [-0.05, 0) is 36.6 Å². The highest BCUT2D eigenvalue weighted by atomic mass is 32.1. The average molecular weight is 335 g/mol. The van der Waals surface area contributed by atoms with Gasteiger partial charge in [-0.25, -0.2) is 4.98 Å². The zero-order valence-electron chi connectivity index (χ0n) is 13.2. The number of pyridine rings is 1. The van der Waals surface area contributed by atoms with Crippen molar-refractivity contribution in [3.8, 4) is 10.7 Å². The van der Waals surface area contributed by atoms with Crippen molar-refractivity contribution in [1.82, 2.24) is 9.97 Å². The minimum Gasteiger partial charge on any atom is -0.312 e. The highest BCUT2D eigenvalue weighted by Crippen LogP contribution is 2.28. The van der Waals surface area contributed by atoms with Gasteiger partial charge in [0, 0.05) is 23.8 Å². The van der Waals surface area contributed by atoms with E-state index in [-0.39, 0.29) is 5.91 Å². The van der Waals surface area contributed by atoms with Crippen LogP contribution in [-0.4, -0.2) is 22.4 Å². The van der Waals surface area contributed by atoms with E-state index in [1.54, 1.807) is 6.20 Å². The Morgan fingerprint density at radius 2 is 2.04 bits per heavy atom. The summed E-state index contributed by atoms with van der Waals surface area (Å²) >= 11 is 1.53. The SMILES string of the molecule is O=C(Cc1csc(-c2ccccn2)n1)N1CCCc2ccccc21. The lowest BCUT2D eigenvalue weighted by Gasteiger charge is -2.29. The minimum atomic E-state index is 0.111. The van der Waals surface area contributed by atoms with Gasteiger partial charge in [0.25, 0.3) is 0 Å². The first kappa shape index (κ1) is 15.0. The Labute approximate surface area is 144 Å². The fraction of sp³-hybridized carbons (Fsp3) is 0.211. The van der Waals surface area contributed by atoms with Gasteiger partial charge in [-0.2, -0.15) is 0 Å². The molecule has 0 unspecified atom stereocenters. The van der Waals surface area contributed by atoms with Gasteiger partial charge in [-0.1, -0.05) is 24.3 Å². The largest absolute Gasteiger partial charge is 0.312 e. The molecule has 0 N–H and O–H groups in total. The predicted octanol–water partition coefficient (Wildman–Crippen LogP) is 3.73. The molecule has 1 aromatic carbocycles. The van der Waals surface area contributed by atoms with Gasteiger partial charge < -0.3 is 4.90 Å². The number of aryl methyl sites for hydroxylation is 1. The van der Waals surface area contributed by atoms with Crippen LogP contribution >= 0.6 is 11.3 Å². The number of carbonyl (C=O) groups excluding carboxylic acids is 1. The van der Waals surface area contributed by atoms with Crippen LogP contribution in [0.1, 0.15) is 17.7 Å². The molecular formula is C19H17N3OS. The van der Waals surface area contributed by atoms with E-state index >= 15 is 0 Å². The zero-order chi connectivity index (χ0) is 16.4. The lowest BCUT2D eigenvalue weighted by molar-refractivity contribution is -0.118. The fourth-order valence-corrected chi connectivity index (χ4v) is 3.83. The molecule has 2 aromatic heterocycles. The van der Waals surface area contributed by atoms with E-state index in [0.717, 1.165) is 41.5 Å². The summed E-state index contributed by atoms with van der Waals surface area (Å²) in [5, 5.41) is 2.81. The second kappa shape index (κ2) is 6.53. The molecule has 0 radical (unpaired) electrons. The number of hydrogen-bond donors (Lipinski definition) is 0. The number of amides is 1. The van der Waals surface area contributed by atoms with Crippen molar-refractivity contribution < 1.29 is 4.79 Å². The van der Waals surface area contributed by atoms with Gasteiger partial charge in [0.1, 0.15) is 5.01 Å². The molecule has 0 bridgehead atoms. The third kappa shape index (κ3) is 2.95. The van der Waals surface area contributed by atoms with Crippen LogP contribution in [-0.2, 0) is 17.6 Å². The van der Waals surface area contributed by atoms with Crippen LogP contribution in [0.15, 0.2) is 54.0 Å². The van der Waals surface area contributed by atoms with E-state index in [1.807, 2.05) is 46.7 Å². The summed E-state index contributed by atoms with van der Waals surface area (Å²) in [6.07, 6.45) is 4.14. The highest BCUT2D eigenvalue weighted by Gasteiger charge is 2.22. The number of hydrogen-bond acceptors (Lipinski definition) is 4. The summed E-state index contributed by atoms with van der Waals surface area (Å²) in [6, 6.07) is 13.9. The number of rotatable bonds is 3. The van der Waals surface area contributed by atoms with E-state index in [4.69, 9.17) is 0 Å². The van der Waals surface area contributed by atoms with Crippen LogP contribution in [0.3, 0.4) is 0 Å². The quantitative estimate of drug-likeness (QED) is 0.733. The van der Waals surface area contributed by atoms with Gasteiger partial charge in [0.2, 0.25) is 5.91 Å². The third-order valence-corrected chi connectivity index (χ3v) is 5.09. The summed E-state index contributed by atoms with van der Waals surface area (Å²) in [5.74, 6) is 0.111. The van der Waals surface area contributed by atoms with E-state index in [9.17, 15) is 4.79 Å². The molecule has 3 aromatic rings. The molecule has 3 heterocycles. The number of para-hydroxylation sites is 1. The zero-order valence-corrected chi connectivity index (χ0v) is 14.0. The number of thiazole rings is 1. The van der Waals surface area contributed by atoms with Crippen LogP contribution in [0.25, 0.3) is 10.7 Å². The first-order valence-corrected chi connectivity index (χ1v) is 8.93. The topological polar surface area (TPSA) is 46.1 Å². The van der Waals surface area contributed by atoms with E-state index < -0.39 is 0 Å².